The molecule has 1 saturated heterocycles. The molecule has 2 atom stereocenters. The topological polar surface area (TPSA) is 21.7 Å². The van der Waals surface area contributed by atoms with E-state index < -0.39 is 0 Å². The summed E-state index contributed by atoms with van der Waals surface area (Å²) in [5.41, 5.74) is 0. The van der Waals surface area contributed by atoms with Gasteiger partial charge in [0.05, 0.1) is 22.8 Å². The van der Waals surface area contributed by atoms with Gasteiger partial charge < -0.3 is 14.4 Å². The minimum Gasteiger partial charge on any atom is -0.494 e. The number of nitrogens with zero attached hydrogens (tertiary/aromatic N) is 1. The first kappa shape index (κ1) is 20.8. The maximum Gasteiger partial charge on any atom is 0.120 e. The van der Waals surface area contributed by atoms with Crippen molar-refractivity contribution in [2.75, 3.05) is 32.8 Å². The molecular weight excluding hydrogens is 357 g/mol. The Morgan fingerprint density at radius 2 is 2.00 bits per heavy atom. The van der Waals surface area contributed by atoms with Crippen molar-refractivity contribution in [2.24, 2.45) is 5.92 Å². The van der Waals surface area contributed by atoms with Gasteiger partial charge in [-0.2, -0.15) is 0 Å². The van der Waals surface area contributed by atoms with Crippen molar-refractivity contribution in [3.8, 4) is 5.75 Å². The fourth-order valence-corrected chi connectivity index (χ4v) is 3.73. The highest BCUT2D eigenvalue weighted by molar-refractivity contribution is 6.42. The van der Waals surface area contributed by atoms with Crippen molar-refractivity contribution in [3.05, 3.63) is 28.2 Å². The average molecular weight is 388 g/mol. The highest BCUT2D eigenvalue weighted by atomic mass is 35.5. The molecule has 3 nitrogen and oxygen atoms in total. The van der Waals surface area contributed by atoms with Crippen LogP contribution in [0.3, 0.4) is 0 Å². The molecule has 0 spiro atoms. The highest BCUT2D eigenvalue weighted by Crippen LogP contribution is 2.28. The van der Waals surface area contributed by atoms with Crippen molar-refractivity contribution in [2.45, 2.75) is 52.1 Å². The predicted molar refractivity (Wildman–Crippen MR) is 106 cm³/mol. The van der Waals surface area contributed by atoms with E-state index in [1.54, 1.807) is 12.1 Å². The Balaban J connectivity index is 1.78. The van der Waals surface area contributed by atoms with Crippen LogP contribution in [0.15, 0.2) is 18.2 Å². The van der Waals surface area contributed by atoms with Crippen LogP contribution in [0.2, 0.25) is 10.0 Å². The number of unbranched alkanes of at least 4 members (excludes halogenated alkanes) is 2. The zero-order valence-corrected chi connectivity index (χ0v) is 17.0. The molecule has 0 unspecified atom stereocenters. The molecule has 25 heavy (non-hydrogen) atoms. The van der Waals surface area contributed by atoms with E-state index in [-0.39, 0.29) is 0 Å². The van der Waals surface area contributed by atoms with Crippen LogP contribution in [-0.2, 0) is 4.74 Å². The number of likely N-dealkylation sites (tertiary alicyclic amines) is 1. The Bertz CT molecular complexity index is 512. The minimum absolute atomic E-state index is 0.317. The van der Waals surface area contributed by atoms with E-state index in [4.69, 9.17) is 32.7 Å². The summed E-state index contributed by atoms with van der Waals surface area (Å²) in [5, 5.41) is 1.09. The Kier molecular flexibility index (Phi) is 9.40. The van der Waals surface area contributed by atoms with Crippen LogP contribution in [0.25, 0.3) is 0 Å². The molecule has 0 aliphatic carbocycles. The van der Waals surface area contributed by atoms with Gasteiger partial charge >= 0.3 is 0 Å². The fraction of sp³-hybridized carbons (Fsp3) is 0.700. The van der Waals surface area contributed by atoms with Crippen LogP contribution in [0, 0.1) is 5.92 Å². The largest absolute Gasteiger partial charge is 0.494 e. The molecule has 1 fully saturated rings. The van der Waals surface area contributed by atoms with E-state index in [0.29, 0.717) is 28.7 Å². The summed E-state index contributed by atoms with van der Waals surface area (Å²) in [6, 6.07) is 5.42. The lowest BCUT2D eigenvalue weighted by Gasteiger charge is -2.38. The summed E-state index contributed by atoms with van der Waals surface area (Å²) in [6.07, 6.45) is 6.39. The Hall–Kier alpha value is -0.480. The van der Waals surface area contributed by atoms with Crippen LogP contribution in [-0.4, -0.2) is 43.9 Å². The van der Waals surface area contributed by atoms with E-state index in [1.807, 2.05) is 6.07 Å². The average Bonchev–Trinajstić information content (AvgIpc) is 2.60. The number of benzene rings is 1. The lowest BCUT2D eigenvalue weighted by Crippen LogP contribution is -2.45. The molecule has 0 aromatic heterocycles. The summed E-state index contributed by atoms with van der Waals surface area (Å²) in [4.78, 5) is 2.56. The third-order valence-electron chi connectivity index (χ3n) is 4.89. The fourth-order valence-electron chi connectivity index (χ4n) is 3.45. The highest BCUT2D eigenvalue weighted by Gasteiger charge is 2.29. The first-order valence-corrected chi connectivity index (χ1v) is 10.3. The van der Waals surface area contributed by atoms with Gasteiger partial charge in [-0.3, -0.25) is 0 Å². The monoisotopic (exact) mass is 387 g/mol. The quantitative estimate of drug-likeness (QED) is 0.482. The Morgan fingerprint density at radius 1 is 1.16 bits per heavy atom. The van der Waals surface area contributed by atoms with Crippen molar-refractivity contribution in [1.82, 2.24) is 4.90 Å². The van der Waals surface area contributed by atoms with Gasteiger partial charge in [-0.25, -0.2) is 0 Å². The van der Waals surface area contributed by atoms with Gasteiger partial charge in [0.15, 0.2) is 0 Å². The number of ether oxygens (including phenoxy) is 2. The lowest BCUT2D eigenvalue weighted by molar-refractivity contribution is -0.0383. The minimum atomic E-state index is 0.317. The van der Waals surface area contributed by atoms with Gasteiger partial charge in [0.1, 0.15) is 5.75 Å². The van der Waals surface area contributed by atoms with E-state index >= 15 is 0 Å². The van der Waals surface area contributed by atoms with E-state index in [2.05, 4.69) is 18.7 Å². The maximum atomic E-state index is 6.04. The summed E-state index contributed by atoms with van der Waals surface area (Å²) in [6.45, 7) is 9.21. The molecule has 1 aliphatic rings. The summed E-state index contributed by atoms with van der Waals surface area (Å²) < 4.78 is 11.9. The predicted octanol–water partition coefficient (Wildman–Crippen LogP) is 5.68. The zero-order valence-electron chi connectivity index (χ0n) is 15.5. The SMILES string of the molecule is CCCCCN1CC[C@@H](CCOc2ccc(Cl)c(Cl)c2)[C@@H](OCC)C1. The van der Waals surface area contributed by atoms with Crippen molar-refractivity contribution in [1.29, 1.82) is 0 Å². The van der Waals surface area contributed by atoms with Gasteiger partial charge in [0, 0.05) is 19.2 Å². The van der Waals surface area contributed by atoms with Crippen molar-refractivity contribution in [3.63, 3.8) is 0 Å². The molecule has 1 aromatic rings. The van der Waals surface area contributed by atoms with Crippen LogP contribution >= 0.6 is 23.2 Å². The lowest BCUT2D eigenvalue weighted by atomic mass is 9.90. The Labute approximate surface area is 162 Å². The molecule has 142 valence electrons. The normalized spacial score (nSPS) is 21.4. The second-order valence-corrected chi connectivity index (χ2v) is 7.58. The van der Waals surface area contributed by atoms with Gasteiger partial charge in [-0.05, 0) is 57.3 Å². The Morgan fingerprint density at radius 3 is 2.72 bits per heavy atom. The third-order valence-corrected chi connectivity index (χ3v) is 5.63. The third kappa shape index (κ3) is 6.97. The number of piperidine rings is 1. The van der Waals surface area contributed by atoms with Crippen molar-refractivity contribution >= 4 is 23.2 Å². The standard InChI is InChI=1S/C20H31Cl2NO2/c1-3-5-6-11-23-12-9-16(20(15-23)24-4-2)10-13-25-17-7-8-18(21)19(22)14-17/h7-8,14,16,20H,3-6,9-13,15H2,1-2H3/t16-,20-/m0/s1. The molecule has 0 saturated carbocycles. The van der Waals surface area contributed by atoms with Gasteiger partial charge in [0.25, 0.3) is 0 Å². The molecule has 5 heteroatoms. The molecule has 0 N–H and O–H groups in total. The molecule has 1 heterocycles. The van der Waals surface area contributed by atoms with Gasteiger partial charge in [0.2, 0.25) is 0 Å². The molecular formula is C20H31Cl2NO2. The maximum absolute atomic E-state index is 6.04. The number of halogens is 2. The van der Waals surface area contributed by atoms with Crippen LogP contribution in [0.1, 0.15) is 46.0 Å². The van der Waals surface area contributed by atoms with Crippen molar-refractivity contribution < 1.29 is 9.47 Å². The first-order valence-electron chi connectivity index (χ1n) is 9.55. The second-order valence-electron chi connectivity index (χ2n) is 6.76. The molecule has 0 radical (unpaired) electrons. The number of hydrogen-bond donors (Lipinski definition) is 0. The smallest absolute Gasteiger partial charge is 0.120 e. The number of rotatable bonds is 10. The summed E-state index contributed by atoms with van der Waals surface area (Å²) in [5.74, 6) is 1.34. The zero-order chi connectivity index (χ0) is 18.1. The van der Waals surface area contributed by atoms with Crippen LogP contribution < -0.4 is 4.74 Å². The molecule has 1 aliphatic heterocycles. The van der Waals surface area contributed by atoms with Crippen LogP contribution in [0.4, 0.5) is 0 Å². The van der Waals surface area contributed by atoms with Gasteiger partial charge in [-0.15, -0.1) is 0 Å². The first-order chi connectivity index (χ1) is 12.1. The summed E-state index contributed by atoms with van der Waals surface area (Å²) in [7, 11) is 0. The molecule has 0 amide bonds. The number of hydrogen-bond acceptors (Lipinski definition) is 3. The van der Waals surface area contributed by atoms with Crippen LogP contribution in [0.5, 0.6) is 5.75 Å². The van der Waals surface area contributed by atoms with E-state index in [0.717, 1.165) is 25.3 Å². The van der Waals surface area contributed by atoms with E-state index in [9.17, 15) is 0 Å². The summed E-state index contributed by atoms with van der Waals surface area (Å²) >= 11 is 12.0. The molecule has 0 bridgehead atoms. The van der Waals surface area contributed by atoms with Gasteiger partial charge in [-0.1, -0.05) is 43.0 Å². The van der Waals surface area contributed by atoms with E-state index in [1.165, 1.54) is 38.8 Å². The molecule has 2 rings (SSSR count). The second kappa shape index (κ2) is 11.3. The molecule has 1 aromatic carbocycles.